The van der Waals surface area contributed by atoms with E-state index in [4.69, 9.17) is 0 Å². The molecule has 0 saturated carbocycles. The van der Waals surface area contributed by atoms with Crippen molar-refractivity contribution < 1.29 is 4.79 Å². The number of imidazole rings is 1. The van der Waals surface area contributed by atoms with E-state index in [2.05, 4.69) is 16.4 Å². The van der Waals surface area contributed by atoms with E-state index >= 15 is 0 Å². The van der Waals surface area contributed by atoms with Crippen molar-refractivity contribution in [2.45, 2.75) is 20.4 Å². The van der Waals surface area contributed by atoms with Gasteiger partial charge in [0, 0.05) is 12.6 Å². The number of aryl methyl sites for hydroxylation is 3. The number of aromatic nitrogens is 2. The first-order valence-electron chi connectivity index (χ1n) is 7.31. The number of amides is 1. The van der Waals surface area contributed by atoms with Crippen LogP contribution in [0.25, 0.3) is 11.0 Å². The number of hydrogen-bond donors (Lipinski definition) is 1. The zero-order valence-electron chi connectivity index (χ0n) is 13.1. The summed E-state index contributed by atoms with van der Waals surface area (Å²) in [6.07, 6.45) is 0. The first-order valence-corrected chi connectivity index (χ1v) is 7.31. The molecule has 0 aliphatic rings. The average Bonchev–Trinajstić information content (AvgIpc) is 2.81. The lowest BCUT2D eigenvalue weighted by atomic mass is 10.1. The van der Waals surface area contributed by atoms with Crippen LogP contribution in [-0.4, -0.2) is 15.5 Å². The second-order valence-electron chi connectivity index (χ2n) is 5.63. The Balaban J connectivity index is 1.78. The minimum absolute atomic E-state index is 0.0705. The fourth-order valence-corrected chi connectivity index (χ4v) is 2.72. The van der Waals surface area contributed by atoms with Gasteiger partial charge in [-0.1, -0.05) is 29.3 Å². The van der Waals surface area contributed by atoms with Crippen LogP contribution >= 0.6 is 0 Å². The largest absolute Gasteiger partial charge is 0.345 e. The molecule has 1 amide bonds. The van der Waals surface area contributed by atoms with Gasteiger partial charge in [-0.05, 0) is 38.1 Å². The van der Waals surface area contributed by atoms with Crippen molar-refractivity contribution in [1.82, 2.24) is 14.9 Å². The van der Waals surface area contributed by atoms with E-state index in [1.165, 1.54) is 0 Å². The maximum Gasteiger partial charge on any atom is 0.251 e. The van der Waals surface area contributed by atoms with E-state index < -0.39 is 0 Å². The highest BCUT2D eigenvalue weighted by Gasteiger charge is 2.10. The van der Waals surface area contributed by atoms with Crippen molar-refractivity contribution in [3.05, 3.63) is 65.0 Å². The van der Waals surface area contributed by atoms with Crippen molar-refractivity contribution in [3.8, 4) is 0 Å². The summed E-state index contributed by atoms with van der Waals surface area (Å²) in [7, 11) is 1.97. The SMILES string of the molecule is Cc1cc(C)cc(C(=O)NCc2nc3ccccc3n2C)c1. The molecule has 1 heterocycles. The third kappa shape index (κ3) is 2.72. The number of rotatable bonds is 3. The van der Waals surface area contributed by atoms with Gasteiger partial charge in [0.15, 0.2) is 0 Å². The van der Waals surface area contributed by atoms with Crippen LogP contribution in [0.15, 0.2) is 42.5 Å². The summed E-state index contributed by atoms with van der Waals surface area (Å²) < 4.78 is 2.01. The summed E-state index contributed by atoms with van der Waals surface area (Å²) in [6.45, 7) is 4.40. The molecule has 3 aromatic rings. The molecule has 112 valence electrons. The molecule has 3 rings (SSSR count). The highest BCUT2D eigenvalue weighted by molar-refractivity contribution is 5.94. The third-order valence-corrected chi connectivity index (χ3v) is 3.77. The Morgan fingerprint density at radius 3 is 2.50 bits per heavy atom. The van der Waals surface area contributed by atoms with Crippen LogP contribution in [0, 0.1) is 13.8 Å². The molecule has 0 aliphatic heterocycles. The van der Waals surface area contributed by atoms with Gasteiger partial charge in [-0.15, -0.1) is 0 Å². The van der Waals surface area contributed by atoms with Crippen molar-refractivity contribution in [3.63, 3.8) is 0 Å². The van der Waals surface area contributed by atoms with E-state index in [0.717, 1.165) is 28.0 Å². The lowest BCUT2D eigenvalue weighted by Crippen LogP contribution is -2.24. The maximum atomic E-state index is 12.3. The van der Waals surface area contributed by atoms with Crippen molar-refractivity contribution in [2.24, 2.45) is 7.05 Å². The van der Waals surface area contributed by atoms with Crippen LogP contribution in [0.2, 0.25) is 0 Å². The normalized spacial score (nSPS) is 10.9. The van der Waals surface area contributed by atoms with E-state index in [0.29, 0.717) is 12.1 Å². The van der Waals surface area contributed by atoms with E-state index in [1.807, 2.05) is 61.9 Å². The van der Waals surface area contributed by atoms with Crippen molar-refractivity contribution in [1.29, 1.82) is 0 Å². The molecule has 0 fully saturated rings. The standard InChI is InChI=1S/C18H19N3O/c1-12-8-13(2)10-14(9-12)18(22)19-11-17-20-15-6-4-5-7-16(15)21(17)3/h4-10H,11H2,1-3H3,(H,19,22). The zero-order valence-corrected chi connectivity index (χ0v) is 13.1. The van der Waals surface area contributed by atoms with Gasteiger partial charge in [0.1, 0.15) is 5.82 Å². The predicted molar refractivity (Wildman–Crippen MR) is 87.8 cm³/mol. The number of hydrogen-bond acceptors (Lipinski definition) is 2. The number of carbonyl (C=O) groups is 1. The molecule has 4 nitrogen and oxygen atoms in total. The van der Waals surface area contributed by atoms with Crippen LogP contribution in [0.3, 0.4) is 0 Å². The Kier molecular flexibility index (Phi) is 3.67. The summed E-state index contributed by atoms with van der Waals surface area (Å²) in [6, 6.07) is 13.8. The average molecular weight is 293 g/mol. The van der Waals surface area contributed by atoms with E-state index in [-0.39, 0.29) is 5.91 Å². The minimum Gasteiger partial charge on any atom is -0.345 e. The number of nitrogens with one attached hydrogen (secondary N) is 1. The number of carbonyl (C=O) groups excluding carboxylic acids is 1. The van der Waals surface area contributed by atoms with Gasteiger partial charge in [-0.2, -0.15) is 0 Å². The quantitative estimate of drug-likeness (QED) is 0.806. The first-order chi connectivity index (χ1) is 10.5. The van der Waals surface area contributed by atoms with Gasteiger partial charge in [-0.3, -0.25) is 4.79 Å². The summed E-state index contributed by atoms with van der Waals surface area (Å²) >= 11 is 0. The number of nitrogens with zero attached hydrogens (tertiary/aromatic N) is 2. The lowest BCUT2D eigenvalue weighted by Gasteiger charge is -2.07. The lowest BCUT2D eigenvalue weighted by molar-refractivity contribution is 0.0949. The molecule has 2 aromatic carbocycles. The summed E-state index contributed by atoms with van der Waals surface area (Å²) in [5.41, 5.74) is 4.89. The molecule has 22 heavy (non-hydrogen) atoms. The predicted octanol–water partition coefficient (Wildman–Crippen LogP) is 3.12. The molecule has 1 aromatic heterocycles. The molecule has 0 aliphatic carbocycles. The Bertz CT molecular complexity index is 828. The van der Waals surface area contributed by atoms with Gasteiger partial charge in [-0.25, -0.2) is 4.98 Å². The summed E-state index contributed by atoms with van der Waals surface area (Å²) in [5.74, 6) is 0.776. The summed E-state index contributed by atoms with van der Waals surface area (Å²) in [5, 5.41) is 2.95. The molecule has 4 heteroatoms. The minimum atomic E-state index is -0.0705. The Labute approximate surface area is 129 Å². The number of fused-ring (bicyclic) bond motifs is 1. The molecule has 0 spiro atoms. The van der Waals surface area contributed by atoms with Gasteiger partial charge in [0.25, 0.3) is 5.91 Å². The topological polar surface area (TPSA) is 46.9 Å². The summed E-state index contributed by atoms with van der Waals surface area (Å²) in [4.78, 5) is 16.9. The van der Waals surface area contributed by atoms with Gasteiger partial charge < -0.3 is 9.88 Å². The molecule has 0 saturated heterocycles. The zero-order chi connectivity index (χ0) is 15.7. The van der Waals surface area contributed by atoms with Crippen LogP contribution in [-0.2, 0) is 13.6 Å². The monoisotopic (exact) mass is 293 g/mol. The second kappa shape index (κ2) is 5.64. The Morgan fingerprint density at radius 2 is 1.82 bits per heavy atom. The van der Waals surface area contributed by atoms with Crippen molar-refractivity contribution in [2.75, 3.05) is 0 Å². The third-order valence-electron chi connectivity index (χ3n) is 3.77. The molecule has 0 bridgehead atoms. The number of para-hydroxylation sites is 2. The molecular weight excluding hydrogens is 274 g/mol. The van der Waals surface area contributed by atoms with Crippen LogP contribution in [0.4, 0.5) is 0 Å². The van der Waals surface area contributed by atoms with Gasteiger partial charge >= 0.3 is 0 Å². The fraction of sp³-hybridized carbons (Fsp3) is 0.222. The van der Waals surface area contributed by atoms with Gasteiger partial charge in [0.05, 0.1) is 17.6 Å². The van der Waals surface area contributed by atoms with Crippen LogP contribution in [0.5, 0.6) is 0 Å². The van der Waals surface area contributed by atoms with Crippen molar-refractivity contribution >= 4 is 16.9 Å². The Morgan fingerprint density at radius 1 is 1.14 bits per heavy atom. The van der Waals surface area contributed by atoms with Gasteiger partial charge in [0.2, 0.25) is 0 Å². The number of benzene rings is 2. The molecular formula is C18H19N3O. The highest BCUT2D eigenvalue weighted by atomic mass is 16.1. The molecule has 0 unspecified atom stereocenters. The maximum absolute atomic E-state index is 12.3. The van der Waals surface area contributed by atoms with Crippen LogP contribution < -0.4 is 5.32 Å². The first kappa shape index (κ1) is 14.3. The highest BCUT2D eigenvalue weighted by Crippen LogP contribution is 2.14. The fourth-order valence-electron chi connectivity index (χ4n) is 2.72. The molecule has 0 atom stereocenters. The molecule has 0 radical (unpaired) electrons. The van der Waals surface area contributed by atoms with E-state index in [1.54, 1.807) is 0 Å². The smallest absolute Gasteiger partial charge is 0.251 e. The Hall–Kier alpha value is -2.62. The second-order valence-corrected chi connectivity index (χ2v) is 5.63. The molecule has 1 N–H and O–H groups in total. The van der Waals surface area contributed by atoms with E-state index in [9.17, 15) is 4.79 Å². The van der Waals surface area contributed by atoms with Crippen LogP contribution in [0.1, 0.15) is 27.3 Å².